The predicted octanol–water partition coefficient (Wildman–Crippen LogP) is 3.21. The number of hydrogen-bond donors (Lipinski definition) is 1. The van der Waals surface area contributed by atoms with E-state index in [2.05, 4.69) is 0 Å². The Balaban J connectivity index is 2.73. The number of likely N-dealkylation sites (N-methyl/N-ethyl adjacent to an activating group) is 1. The summed E-state index contributed by atoms with van der Waals surface area (Å²) in [4.78, 5) is 12.5. The largest absolute Gasteiger partial charge is 0.481 e. The number of rotatable bonds is 7. The van der Waals surface area contributed by atoms with Gasteiger partial charge in [0.25, 0.3) is 0 Å². The van der Waals surface area contributed by atoms with Gasteiger partial charge < -0.3 is 10.0 Å². The fourth-order valence-electron chi connectivity index (χ4n) is 2.03. The van der Waals surface area contributed by atoms with Gasteiger partial charge in [-0.05, 0) is 32.0 Å². The van der Waals surface area contributed by atoms with Gasteiger partial charge in [0, 0.05) is 23.2 Å². The Labute approximate surface area is 118 Å². The predicted molar refractivity (Wildman–Crippen MR) is 74.1 cm³/mol. The van der Waals surface area contributed by atoms with Crippen molar-refractivity contribution in [2.24, 2.45) is 0 Å². The van der Waals surface area contributed by atoms with Crippen molar-refractivity contribution in [2.45, 2.75) is 32.2 Å². The number of carbonyl (C=O) groups is 1. The first-order valence-electron chi connectivity index (χ1n) is 6.30. The fraction of sp³-hybridized carbons (Fsp3) is 0.500. The van der Waals surface area contributed by atoms with Gasteiger partial charge in [-0.2, -0.15) is 0 Å². The Morgan fingerprint density at radius 1 is 1.53 bits per heavy atom. The lowest BCUT2D eigenvalue weighted by Crippen LogP contribution is -2.35. The lowest BCUT2D eigenvalue weighted by molar-refractivity contribution is -0.137. The minimum absolute atomic E-state index is 0.0775. The maximum Gasteiger partial charge on any atom is 0.304 e. The molecule has 0 aliphatic rings. The van der Waals surface area contributed by atoms with E-state index in [4.69, 9.17) is 16.7 Å². The summed E-state index contributed by atoms with van der Waals surface area (Å²) in [6.45, 7) is 2.44. The van der Waals surface area contributed by atoms with Crippen LogP contribution in [0.25, 0.3) is 0 Å². The molecular weight excluding hydrogens is 269 g/mol. The second kappa shape index (κ2) is 7.46. The molecular formula is C14H19ClFNO2. The van der Waals surface area contributed by atoms with Gasteiger partial charge >= 0.3 is 5.97 Å². The molecule has 106 valence electrons. The Morgan fingerprint density at radius 2 is 2.21 bits per heavy atom. The van der Waals surface area contributed by atoms with Crippen LogP contribution >= 0.6 is 11.6 Å². The molecule has 0 aliphatic heterocycles. The van der Waals surface area contributed by atoms with Crippen molar-refractivity contribution >= 4 is 17.6 Å². The molecule has 5 heteroatoms. The highest BCUT2D eigenvalue weighted by atomic mass is 35.5. The fourth-order valence-corrected chi connectivity index (χ4v) is 2.27. The SMILES string of the molecule is CCC(Cc1c(F)cccc1Cl)N(C)CCC(=O)O. The van der Waals surface area contributed by atoms with Crippen LogP contribution < -0.4 is 0 Å². The van der Waals surface area contributed by atoms with Crippen molar-refractivity contribution in [3.63, 3.8) is 0 Å². The standard InChI is InChI=1S/C14H19ClFNO2/c1-3-10(17(2)8-7-14(18)19)9-11-12(15)5-4-6-13(11)16/h4-6,10H,3,7-9H2,1-2H3,(H,18,19). The molecule has 1 unspecified atom stereocenters. The van der Waals surface area contributed by atoms with Gasteiger partial charge in [0.1, 0.15) is 5.82 Å². The van der Waals surface area contributed by atoms with E-state index in [0.29, 0.717) is 23.6 Å². The number of benzene rings is 1. The summed E-state index contributed by atoms with van der Waals surface area (Å²) in [7, 11) is 1.85. The lowest BCUT2D eigenvalue weighted by atomic mass is 10.0. The van der Waals surface area contributed by atoms with Crippen LogP contribution in [0.15, 0.2) is 18.2 Å². The highest BCUT2D eigenvalue weighted by Crippen LogP contribution is 2.22. The molecule has 19 heavy (non-hydrogen) atoms. The van der Waals surface area contributed by atoms with Crippen LogP contribution in [0.5, 0.6) is 0 Å². The minimum atomic E-state index is -0.828. The van der Waals surface area contributed by atoms with Gasteiger partial charge in [0.15, 0.2) is 0 Å². The van der Waals surface area contributed by atoms with Gasteiger partial charge in [-0.1, -0.05) is 24.6 Å². The van der Waals surface area contributed by atoms with Crippen LogP contribution in [0.2, 0.25) is 5.02 Å². The zero-order valence-electron chi connectivity index (χ0n) is 11.2. The zero-order valence-corrected chi connectivity index (χ0v) is 12.0. The van der Waals surface area contributed by atoms with Gasteiger partial charge in [-0.15, -0.1) is 0 Å². The van der Waals surface area contributed by atoms with Crippen LogP contribution in [0.3, 0.4) is 0 Å². The Bertz CT molecular complexity index is 419. The minimum Gasteiger partial charge on any atom is -0.481 e. The number of halogens is 2. The molecule has 0 bridgehead atoms. The van der Waals surface area contributed by atoms with Crippen molar-refractivity contribution in [1.29, 1.82) is 0 Å². The van der Waals surface area contributed by atoms with Gasteiger partial charge in [0.05, 0.1) is 6.42 Å². The van der Waals surface area contributed by atoms with E-state index < -0.39 is 5.97 Å². The second-order valence-corrected chi connectivity index (χ2v) is 5.00. The first-order valence-corrected chi connectivity index (χ1v) is 6.68. The zero-order chi connectivity index (χ0) is 14.4. The molecule has 3 nitrogen and oxygen atoms in total. The third-order valence-corrected chi connectivity index (χ3v) is 3.63. The van der Waals surface area contributed by atoms with Crippen molar-refractivity contribution in [2.75, 3.05) is 13.6 Å². The van der Waals surface area contributed by atoms with Gasteiger partial charge in [0.2, 0.25) is 0 Å². The van der Waals surface area contributed by atoms with Crippen molar-refractivity contribution in [3.05, 3.63) is 34.6 Å². The summed E-state index contributed by atoms with van der Waals surface area (Å²) in [5.74, 6) is -1.14. The highest BCUT2D eigenvalue weighted by Gasteiger charge is 2.18. The molecule has 0 spiro atoms. The van der Waals surface area contributed by atoms with Crippen LogP contribution in [0.1, 0.15) is 25.3 Å². The smallest absolute Gasteiger partial charge is 0.304 e. The van der Waals surface area contributed by atoms with Crippen LogP contribution in [0.4, 0.5) is 4.39 Å². The summed E-state index contributed by atoms with van der Waals surface area (Å²) in [5, 5.41) is 9.11. The average Bonchev–Trinajstić information content (AvgIpc) is 2.35. The molecule has 0 fully saturated rings. The Morgan fingerprint density at radius 3 is 2.74 bits per heavy atom. The summed E-state index contributed by atoms with van der Waals surface area (Å²) >= 11 is 6.01. The third-order valence-electron chi connectivity index (χ3n) is 3.27. The number of carboxylic acids is 1. The summed E-state index contributed by atoms with van der Waals surface area (Å²) in [6, 6.07) is 4.72. The third kappa shape index (κ3) is 4.80. The summed E-state index contributed by atoms with van der Waals surface area (Å²) < 4.78 is 13.7. The number of aliphatic carboxylic acids is 1. The van der Waals surface area contributed by atoms with Crippen molar-refractivity contribution in [1.82, 2.24) is 4.90 Å². The van der Waals surface area contributed by atoms with E-state index in [0.717, 1.165) is 6.42 Å². The molecule has 0 amide bonds. The summed E-state index contributed by atoms with van der Waals surface area (Å²) in [5.41, 5.74) is 0.498. The number of hydrogen-bond acceptors (Lipinski definition) is 2. The summed E-state index contributed by atoms with van der Waals surface area (Å²) in [6.07, 6.45) is 1.37. The molecule has 0 radical (unpaired) electrons. The highest BCUT2D eigenvalue weighted by molar-refractivity contribution is 6.31. The molecule has 0 aromatic heterocycles. The number of carboxylic acid groups (broad SMARTS) is 1. The normalized spacial score (nSPS) is 12.7. The Hall–Kier alpha value is -1.13. The van der Waals surface area contributed by atoms with E-state index in [1.165, 1.54) is 6.07 Å². The van der Waals surface area contributed by atoms with Gasteiger partial charge in [-0.25, -0.2) is 4.39 Å². The molecule has 1 N–H and O–H groups in total. The maximum atomic E-state index is 13.7. The van der Waals surface area contributed by atoms with Crippen LogP contribution in [-0.2, 0) is 11.2 Å². The van der Waals surface area contributed by atoms with E-state index >= 15 is 0 Å². The monoisotopic (exact) mass is 287 g/mol. The number of nitrogens with zero attached hydrogens (tertiary/aromatic N) is 1. The van der Waals surface area contributed by atoms with Crippen molar-refractivity contribution in [3.8, 4) is 0 Å². The van der Waals surface area contributed by atoms with E-state index in [1.807, 2.05) is 18.9 Å². The topological polar surface area (TPSA) is 40.5 Å². The molecule has 0 aliphatic carbocycles. The van der Waals surface area contributed by atoms with Crippen LogP contribution in [-0.4, -0.2) is 35.6 Å². The quantitative estimate of drug-likeness (QED) is 0.837. The van der Waals surface area contributed by atoms with E-state index in [1.54, 1.807) is 12.1 Å². The van der Waals surface area contributed by atoms with E-state index in [9.17, 15) is 9.18 Å². The molecule has 1 atom stereocenters. The van der Waals surface area contributed by atoms with E-state index in [-0.39, 0.29) is 18.3 Å². The first kappa shape index (κ1) is 15.9. The Kier molecular flexibility index (Phi) is 6.25. The molecule has 1 rings (SSSR count). The van der Waals surface area contributed by atoms with Crippen molar-refractivity contribution < 1.29 is 14.3 Å². The molecule has 1 aromatic carbocycles. The lowest BCUT2D eigenvalue weighted by Gasteiger charge is -2.27. The van der Waals surface area contributed by atoms with Crippen LogP contribution in [0, 0.1) is 5.82 Å². The molecule has 0 heterocycles. The molecule has 0 saturated heterocycles. The molecule has 1 aromatic rings. The second-order valence-electron chi connectivity index (χ2n) is 4.59. The average molecular weight is 288 g/mol. The maximum absolute atomic E-state index is 13.7. The molecule has 0 saturated carbocycles. The first-order chi connectivity index (χ1) is 8.95. The van der Waals surface area contributed by atoms with Gasteiger partial charge in [-0.3, -0.25) is 4.79 Å².